The first kappa shape index (κ1) is 16.4. The summed E-state index contributed by atoms with van der Waals surface area (Å²) in [5.74, 6) is 1.43. The lowest BCUT2D eigenvalue weighted by molar-refractivity contribution is -0.121. The summed E-state index contributed by atoms with van der Waals surface area (Å²) < 4.78 is 10.6. The standard InChI is InChI=1S/C20H23NO3/c1-23-16-10-11-19(24-2)15(12-16)13-20(22)21-18-9-5-7-14-6-3-4-8-17(14)18/h3-4,6,8,10-12,18H,5,7,9,13H2,1-2H3,(H,21,22). The molecule has 1 unspecified atom stereocenters. The van der Waals surface area contributed by atoms with Gasteiger partial charge in [-0.25, -0.2) is 0 Å². The van der Waals surface area contributed by atoms with Crippen molar-refractivity contribution in [1.82, 2.24) is 5.32 Å². The Kier molecular flexibility index (Phi) is 5.04. The van der Waals surface area contributed by atoms with E-state index in [2.05, 4.69) is 23.5 Å². The number of carbonyl (C=O) groups is 1. The van der Waals surface area contributed by atoms with Crippen molar-refractivity contribution in [2.75, 3.05) is 14.2 Å². The van der Waals surface area contributed by atoms with Crippen molar-refractivity contribution in [2.24, 2.45) is 0 Å². The molecule has 2 aromatic rings. The molecule has 1 N–H and O–H groups in total. The summed E-state index contributed by atoms with van der Waals surface area (Å²) in [4.78, 5) is 12.6. The van der Waals surface area contributed by atoms with Gasteiger partial charge in [-0.2, -0.15) is 0 Å². The number of benzene rings is 2. The van der Waals surface area contributed by atoms with Crippen molar-refractivity contribution in [2.45, 2.75) is 31.7 Å². The van der Waals surface area contributed by atoms with Gasteiger partial charge < -0.3 is 14.8 Å². The lowest BCUT2D eigenvalue weighted by Crippen LogP contribution is -2.32. The normalized spacial score (nSPS) is 16.2. The summed E-state index contributed by atoms with van der Waals surface area (Å²) in [6, 6.07) is 14.0. The van der Waals surface area contributed by atoms with Crippen molar-refractivity contribution in [3.63, 3.8) is 0 Å². The minimum absolute atomic E-state index is 0.00301. The van der Waals surface area contributed by atoms with Gasteiger partial charge in [0.05, 0.1) is 26.7 Å². The molecule has 1 aliphatic carbocycles. The number of hydrogen-bond donors (Lipinski definition) is 1. The molecule has 1 atom stereocenters. The zero-order valence-electron chi connectivity index (χ0n) is 14.2. The van der Waals surface area contributed by atoms with Crippen molar-refractivity contribution in [3.8, 4) is 11.5 Å². The first-order valence-electron chi connectivity index (χ1n) is 8.29. The fourth-order valence-corrected chi connectivity index (χ4v) is 3.34. The second-order valence-corrected chi connectivity index (χ2v) is 6.07. The largest absolute Gasteiger partial charge is 0.497 e. The van der Waals surface area contributed by atoms with Crippen molar-refractivity contribution >= 4 is 5.91 Å². The van der Waals surface area contributed by atoms with Gasteiger partial charge in [-0.15, -0.1) is 0 Å². The van der Waals surface area contributed by atoms with Crippen LogP contribution in [0, 0.1) is 0 Å². The van der Waals surface area contributed by atoms with Crippen molar-refractivity contribution in [3.05, 3.63) is 59.2 Å². The van der Waals surface area contributed by atoms with Crippen LogP contribution in [0.3, 0.4) is 0 Å². The van der Waals surface area contributed by atoms with Crippen molar-refractivity contribution < 1.29 is 14.3 Å². The molecule has 0 aromatic heterocycles. The predicted octanol–water partition coefficient (Wildman–Crippen LogP) is 3.44. The second kappa shape index (κ2) is 7.39. The molecule has 0 bridgehead atoms. The van der Waals surface area contributed by atoms with Gasteiger partial charge in [-0.1, -0.05) is 24.3 Å². The molecule has 0 spiro atoms. The highest BCUT2D eigenvalue weighted by molar-refractivity contribution is 5.80. The van der Waals surface area contributed by atoms with Gasteiger partial charge >= 0.3 is 0 Å². The van der Waals surface area contributed by atoms with Gasteiger partial charge in [-0.3, -0.25) is 4.79 Å². The Morgan fingerprint density at radius 2 is 2.00 bits per heavy atom. The van der Waals surface area contributed by atoms with Gasteiger partial charge in [0.2, 0.25) is 5.91 Å². The monoisotopic (exact) mass is 325 g/mol. The molecular weight excluding hydrogens is 302 g/mol. The molecule has 0 saturated heterocycles. The van der Waals surface area contributed by atoms with Crippen LogP contribution in [0.25, 0.3) is 0 Å². The highest BCUT2D eigenvalue weighted by Crippen LogP contribution is 2.30. The summed E-state index contributed by atoms with van der Waals surface area (Å²) in [6.45, 7) is 0. The van der Waals surface area contributed by atoms with Crippen LogP contribution >= 0.6 is 0 Å². The number of amides is 1. The van der Waals surface area contributed by atoms with Crippen LogP contribution in [0.4, 0.5) is 0 Å². The van der Waals surface area contributed by atoms with Gasteiger partial charge in [0, 0.05) is 5.56 Å². The first-order valence-corrected chi connectivity index (χ1v) is 8.29. The number of aryl methyl sites for hydroxylation is 1. The van der Waals surface area contributed by atoms with E-state index in [0.29, 0.717) is 5.75 Å². The molecular formula is C20H23NO3. The fourth-order valence-electron chi connectivity index (χ4n) is 3.34. The van der Waals surface area contributed by atoms with E-state index in [1.807, 2.05) is 24.3 Å². The fraction of sp³-hybridized carbons (Fsp3) is 0.350. The SMILES string of the molecule is COc1ccc(OC)c(CC(=O)NC2CCCc3ccccc32)c1. The zero-order valence-corrected chi connectivity index (χ0v) is 14.2. The van der Waals surface area contributed by atoms with E-state index < -0.39 is 0 Å². The summed E-state index contributed by atoms with van der Waals surface area (Å²) in [7, 11) is 3.23. The maximum absolute atomic E-state index is 12.6. The van der Waals surface area contributed by atoms with E-state index in [-0.39, 0.29) is 18.4 Å². The van der Waals surface area contributed by atoms with Crippen LogP contribution in [0.1, 0.15) is 35.6 Å². The molecule has 1 aliphatic rings. The molecule has 3 rings (SSSR count). The number of ether oxygens (including phenoxy) is 2. The molecule has 1 amide bonds. The number of fused-ring (bicyclic) bond motifs is 1. The first-order chi connectivity index (χ1) is 11.7. The Morgan fingerprint density at radius 3 is 2.79 bits per heavy atom. The van der Waals surface area contributed by atoms with Gasteiger partial charge in [0.1, 0.15) is 11.5 Å². The second-order valence-electron chi connectivity index (χ2n) is 6.07. The average Bonchev–Trinajstić information content (AvgIpc) is 2.62. The maximum atomic E-state index is 12.6. The van der Waals surface area contributed by atoms with E-state index in [9.17, 15) is 4.79 Å². The number of carbonyl (C=O) groups excluding carboxylic acids is 1. The topological polar surface area (TPSA) is 47.6 Å². The molecule has 2 aromatic carbocycles. The third-order valence-electron chi connectivity index (χ3n) is 4.54. The van der Waals surface area contributed by atoms with E-state index in [1.54, 1.807) is 14.2 Å². The third-order valence-corrected chi connectivity index (χ3v) is 4.54. The van der Waals surface area contributed by atoms with E-state index in [0.717, 1.165) is 30.6 Å². The Morgan fingerprint density at radius 1 is 1.17 bits per heavy atom. The van der Waals surface area contributed by atoms with Crippen LogP contribution in [0.2, 0.25) is 0 Å². The molecule has 0 radical (unpaired) electrons. The van der Waals surface area contributed by atoms with Gasteiger partial charge in [0.15, 0.2) is 0 Å². The molecule has 0 aliphatic heterocycles. The number of hydrogen-bond acceptors (Lipinski definition) is 3. The Hall–Kier alpha value is -2.49. The molecule has 4 heteroatoms. The Labute approximate surface area is 142 Å². The lowest BCUT2D eigenvalue weighted by Gasteiger charge is -2.26. The maximum Gasteiger partial charge on any atom is 0.225 e. The molecule has 0 saturated carbocycles. The van der Waals surface area contributed by atoms with Crippen LogP contribution in [0.15, 0.2) is 42.5 Å². The summed E-state index contributed by atoms with van der Waals surface area (Å²) >= 11 is 0. The van der Waals surface area contributed by atoms with Crippen molar-refractivity contribution in [1.29, 1.82) is 0 Å². The van der Waals surface area contributed by atoms with Crippen LogP contribution in [0.5, 0.6) is 11.5 Å². The van der Waals surface area contributed by atoms with Crippen LogP contribution in [-0.4, -0.2) is 20.1 Å². The number of nitrogens with one attached hydrogen (secondary N) is 1. The smallest absolute Gasteiger partial charge is 0.225 e. The van der Waals surface area contributed by atoms with E-state index in [4.69, 9.17) is 9.47 Å². The molecule has 126 valence electrons. The van der Waals surface area contributed by atoms with Gasteiger partial charge in [0.25, 0.3) is 0 Å². The quantitative estimate of drug-likeness (QED) is 0.916. The van der Waals surface area contributed by atoms with Gasteiger partial charge in [-0.05, 0) is 48.6 Å². The molecule has 0 fully saturated rings. The lowest BCUT2D eigenvalue weighted by atomic mass is 9.87. The highest BCUT2D eigenvalue weighted by atomic mass is 16.5. The van der Waals surface area contributed by atoms with E-state index >= 15 is 0 Å². The minimum atomic E-state index is 0.00301. The van der Waals surface area contributed by atoms with Crippen LogP contribution < -0.4 is 14.8 Å². The summed E-state index contributed by atoms with van der Waals surface area (Å²) in [6.07, 6.45) is 3.45. The predicted molar refractivity (Wildman–Crippen MR) is 93.5 cm³/mol. The Balaban J connectivity index is 1.73. The molecule has 4 nitrogen and oxygen atoms in total. The average molecular weight is 325 g/mol. The molecule has 0 heterocycles. The number of methoxy groups -OCH3 is 2. The summed E-state index contributed by atoms with van der Waals surface area (Å²) in [5.41, 5.74) is 3.42. The zero-order chi connectivity index (χ0) is 16.9. The Bertz CT molecular complexity index is 727. The summed E-state index contributed by atoms with van der Waals surface area (Å²) in [5, 5.41) is 3.18. The minimum Gasteiger partial charge on any atom is -0.497 e. The number of rotatable bonds is 5. The third kappa shape index (κ3) is 3.53. The molecule has 24 heavy (non-hydrogen) atoms. The van der Waals surface area contributed by atoms with E-state index in [1.165, 1.54) is 11.1 Å². The highest BCUT2D eigenvalue weighted by Gasteiger charge is 2.22. The van der Waals surface area contributed by atoms with Crippen LogP contribution in [-0.2, 0) is 17.6 Å².